The Morgan fingerprint density at radius 1 is 1.50 bits per heavy atom. The largest absolute Gasteiger partial charge is 0.434 e. The van der Waals surface area contributed by atoms with Gasteiger partial charge in [0.15, 0.2) is 0 Å². The average molecular weight is 308 g/mol. The van der Waals surface area contributed by atoms with Gasteiger partial charge in [0.25, 0.3) is 5.91 Å². The van der Waals surface area contributed by atoms with Crippen LogP contribution in [0.15, 0.2) is 18.2 Å². The van der Waals surface area contributed by atoms with Crippen molar-refractivity contribution in [2.45, 2.75) is 32.4 Å². The Balaban J connectivity index is 2.92. The third-order valence-electron chi connectivity index (χ3n) is 2.71. The van der Waals surface area contributed by atoms with Crippen molar-refractivity contribution in [1.29, 1.82) is 0 Å². The van der Waals surface area contributed by atoms with Crippen LogP contribution in [0, 0.1) is 0 Å². The number of alkyl halides is 2. The molecule has 0 fully saturated rings. The number of aliphatic hydroxyl groups excluding tert-OH is 1. The van der Waals surface area contributed by atoms with Gasteiger partial charge in [-0.1, -0.05) is 18.5 Å². The third kappa shape index (κ3) is 4.94. The number of carbonyl (C=O) groups is 1. The van der Waals surface area contributed by atoms with E-state index in [0.29, 0.717) is 12.8 Å². The Bertz CT molecular complexity index is 457. The molecule has 0 saturated heterocycles. The molecule has 0 radical (unpaired) electrons. The predicted octanol–water partition coefficient (Wildman–Crippen LogP) is 2.83. The highest BCUT2D eigenvalue weighted by Crippen LogP contribution is 2.24. The molecular weight excluding hydrogens is 292 g/mol. The summed E-state index contributed by atoms with van der Waals surface area (Å²) >= 11 is 5.77. The van der Waals surface area contributed by atoms with Crippen molar-refractivity contribution in [1.82, 2.24) is 5.32 Å². The zero-order chi connectivity index (χ0) is 15.1. The fourth-order valence-electron chi connectivity index (χ4n) is 1.68. The maximum absolute atomic E-state index is 12.3. The lowest BCUT2D eigenvalue weighted by Crippen LogP contribution is -2.35. The number of benzene rings is 1. The van der Waals surface area contributed by atoms with Gasteiger partial charge < -0.3 is 15.2 Å². The van der Waals surface area contributed by atoms with Gasteiger partial charge in [-0.2, -0.15) is 8.78 Å². The molecule has 1 unspecified atom stereocenters. The number of amides is 1. The minimum atomic E-state index is -3.03. The van der Waals surface area contributed by atoms with E-state index in [1.54, 1.807) is 0 Å². The molecule has 7 heteroatoms. The molecule has 0 aromatic heterocycles. The summed E-state index contributed by atoms with van der Waals surface area (Å²) in [7, 11) is 0. The normalized spacial score (nSPS) is 12.3. The Kier molecular flexibility index (Phi) is 6.67. The minimum absolute atomic E-state index is 0.0609. The number of aliphatic hydroxyl groups is 1. The van der Waals surface area contributed by atoms with Crippen molar-refractivity contribution < 1.29 is 23.4 Å². The van der Waals surface area contributed by atoms with Crippen LogP contribution in [0.5, 0.6) is 5.75 Å². The second-order valence-electron chi connectivity index (χ2n) is 4.11. The van der Waals surface area contributed by atoms with E-state index in [1.807, 2.05) is 6.92 Å². The van der Waals surface area contributed by atoms with E-state index < -0.39 is 12.5 Å². The fraction of sp³-hybridized carbons (Fsp3) is 0.462. The van der Waals surface area contributed by atoms with Gasteiger partial charge in [0.1, 0.15) is 5.75 Å². The van der Waals surface area contributed by atoms with Crippen LogP contribution in [-0.2, 0) is 0 Å². The standard InChI is InChI=1S/C13H16ClF2NO3/c1-2-9(5-6-18)17-12(19)10-7-8(14)3-4-11(10)20-13(15)16/h3-4,7,9,13,18H,2,5-6H2,1H3,(H,17,19). The van der Waals surface area contributed by atoms with Crippen LogP contribution in [0.4, 0.5) is 8.78 Å². The Hall–Kier alpha value is -1.40. The highest BCUT2D eigenvalue weighted by atomic mass is 35.5. The van der Waals surface area contributed by atoms with E-state index in [0.717, 1.165) is 0 Å². The van der Waals surface area contributed by atoms with Gasteiger partial charge in [0.05, 0.1) is 5.56 Å². The average Bonchev–Trinajstić information content (AvgIpc) is 2.39. The Morgan fingerprint density at radius 3 is 2.75 bits per heavy atom. The molecule has 0 aliphatic rings. The zero-order valence-corrected chi connectivity index (χ0v) is 11.7. The first-order valence-electron chi connectivity index (χ1n) is 6.14. The number of hydrogen-bond donors (Lipinski definition) is 2. The quantitative estimate of drug-likeness (QED) is 0.814. The third-order valence-corrected chi connectivity index (χ3v) is 2.94. The van der Waals surface area contributed by atoms with Crippen LogP contribution in [-0.4, -0.2) is 30.3 Å². The van der Waals surface area contributed by atoms with E-state index >= 15 is 0 Å². The molecule has 1 aromatic rings. The SMILES string of the molecule is CCC(CCO)NC(=O)c1cc(Cl)ccc1OC(F)F. The van der Waals surface area contributed by atoms with Crippen LogP contribution in [0.1, 0.15) is 30.1 Å². The number of halogens is 3. The maximum atomic E-state index is 12.3. The van der Waals surface area contributed by atoms with E-state index in [2.05, 4.69) is 10.1 Å². The van der Waals surface area contributed by atoms with Gasteiger partial charge in [-0.25, -0.2) is 0 Å². The molecule has 0 bridgehead atoms. The summed E-state index contributed by atoms with van der Waals surface area (Å²) in [6.07, 6.45) is 0.992. The fourth-order valence-corrected chi connectivity index (χ4v) is 1.85. The van der Waals surface area contributed by atoms with Crippen molar-refractivity contribution >= 4 is 17.5 Å². The highest BCUT2D eigenvalue weighted by molar-refractivity contribution is 6.31. The van der Waals surface area contributed by atoms with Gasteiger partial charge in [0.2, 0.25) is 0 Å². The molecule has 1 amide bonds. The zero-order valence-electron chi connectivity index (χ0n) is 10.9. The number of rotatable bonds is 7. The van der Waals surface area contributed by atoms with Crippen LogP contribution in [0.25, 0.3) is 0 Å². The number of ether oxygens (including phenoxy) is 1. The first kappa shape index (κ1) is 16.7. The molecule has 0 heterocycles. The number of hydrogen-bond acceptors (Lipinski definition) is 3. The Morgan fingerprint density at radius 2 is 2.20 bits per heavy atom. The summed E-state index contributed by atoms with van der Waals surface area (Å²) in [5.41, 5.74) is -0.0609. The molecular formula is C13H16ClF2NO3. The molecule has 1 atom stereocenters. The molecule has 0 aliphatic carbocycles. The van der Waals surface area contributed by atoms with E-state index in [-0.39, 0.29) is 29.0 Å². The van der Waals surface area contributed by atoms with E-state index in [4.69, 9.17) is 16.7 Å². The van der Waals surface area contributed by atoms with Crippen molar-refractivity contribution in [3.05, 3.63) is 28.8 Å². The summed E-state index contributed by atoms with van der Waals surface area (Å²) in [6.45, 7) is -1.26. The summed E-state index contributed by atoms with van der Waals surface area (Å²) in [5, 5.41) is 11.8. The molecule has 0 saturated carbocycles. The summed E-state index contributed by atoms with van der Waals surface area (Å²) in [6, 6.07) is 3.60. The van der Waals surface area contributed by atoms with Crippen molar-refractivity contribution in [3.8, 4) is 5.75 Å². The van der Waals surface area contributed by atoms with Crippen molar-refractivity contribution in [2.75, 3.05) is 6.61 Å². The van der Waals surface area contributed by atoms with E-state index in [9.17, 15) is 13.6 Å². The monoisotopic (exact) mass is 307 g/mol. The van der Waals surface area contributed by atoms with Crippen LogP contribution in [0.3, 0.4) is 0 Å². The molecule has 20 heavy (non-hydrogen) atoms. The maximum Gasteiger partial charge on any atom is 0.387 e. The topological polar surface area (TPSA) is 58.6 Å². The lowest BCUT2D eigenvalue weighted by Gasteiger charge is -2.17. The van der Waals surface area contributed by atoms with Crippen LogP contribution >= 0.6 is 11.6 Å². The molecule has 0 aliphatic heterocycles. The Labute approximate surface area is 120 Å². The number of nitrogens with one attached hydrogen (secondary N) is 1. The molecule has 1 rings (SSSR count). The van der Waals surface area contributed by atoms with Gasteiger partial charge in [-0.3, -0.25) is 4.79 Å². The van der Waals surface area contributed by atoms with Crippen molar-refractivity contribution in [2.24, 2.45) is 0 Å². The molecule has 1 aromatic carbocycles. The van der Waals surface area contributed by atoms with Crippen LogP contribution in [0.2, 0.25) is 5.02 Å². The van der Waals surface area contributed by atoms with Gasteiger partial charge in [-0.05, 0) is 31.0 Å². The van der Waals surface area contributed by atoms with Gasteiger partial charge >= 0.3 is 6.61 Å². The van der Waals surface area contributed by atoms with Gasteiger partial charge in [-0.15, -0.1) is 0 Å². The molecule has 4 nitrogen and oxygen atoms in total. The molecule has 112 valence electrons. The predicted molar refractivity (Wildman–Crippen MR) is 71.3 cm³/mol. The van der Waals surface area contributed by atoms with Crippen molar-refractivity contribution in [3.63, 3.8) is 0 Å². The van der Waals surface area contributed by atoms with E-state index in [1.165, 1.54) is 18.2 Å². The smallest absolute Gasteiger partial charge is 0.387 e. The first-order valence-corrected chi connectivity index (χ1v) is 6.51. The number of carbonyl (C=O) groups excluding carboxylic acids is 1. The summed E-state index contributed by atoms with van der Waals surface area (Å²) in [4.78, 5) is 12.1. The lowest BCUT2D eigenvalue weighted by molar-refractivity contribution is -0.0501. The second-order valence-corrected chi connectivity index (χ2v) is 4.55. The minimum Gasteiger partial charge on any atom is -0.434 e. The molecule has 2 N–H and O–H groups in total. The summed E-state index contributed by atoms with van der Waals surface area (Å²) < 4.78 is 28.9. The van der Waals surface area contributed by atoms with Gasteiger partial charge in [0, 0.05) is 17.7 Å². The second kappa shape index (κ2) is 8.01. The molecule has 0 spiro atoms. The first-order chi connectivity index (χ1) is 9.47. The lowest BCUT2D eigenvalue weighted by atomic mass is 10.1. The summed E-state index contributed by atoms with van der Waals surface area (Å²) in [5.74, 6) is -0.802. The van der Waals surface area contributed by atoms with Crippen LogP contribution < -0.4 is 10.1 Å². The highest BCUT2D eigenvalue weighted by Gasteiger charge is 2.18.